The summed E-state index contributed by atoms with van der Waals surface area (Å²) in [5.41, 5.74) is 3.57. The van der Waals surface area contributed by atoms with Gasteiger partial charge >= 0.3 is 7.12 Å². The summed E-state index contributed by atoms with van der Waals surface area (Å²) >= 11 is 0. The Hall–Kier alpha value is -1.82. The Balaban J connectivity index is 1.77. The van der Waals surface area contributed by atoms with Gasteiger partial charge in [-0.1, -0.05) is 42.5 Å². The van der Waals surface area contributed by atoms with Gasteiger partial charge in [-0.3, -0.25) is 0 Å². The molecule has 1 saturated heterocycles. The molecule has 1 unspecified atom stereocenters. The van der Waals surface area contributed by atoms with Crippen molar-refractivity contribution in [3.8, 4) is 0 Å². The Labute approximate surface area is 118 Å². The quantitative estimate of drug-likeness (QED) is 0.560. The van der Waals surface area contributed by atoms with Crippen LogP contribution in [0.25, 0.3) is 0 Å². The summed E-state index contributed by atoms with van der Waals surface area (Å²) in [6, 6.07) is 15.3. The zero-order chi connectivity index (χ0) is 13.9. The van der Waals surface area contributed by atoms with E-state index in [-0.39, 0.29) is 6.10 Å². The molecule has 1 aliphatic rings. The Morgan fingerprint density at radius 3 is 2.55 bits per heavy atom. The first-order valence-electron chi connectivity index (χ1n) is 6.64. The number of anilines is 1. The monoisotopic (exact) mass is 269 g/mol. The predicted octanol–water partition coefficient (Wildman–Crippen LogP) is 1.05. The van der Waals surface area contributed by atoms with Gasteiger partial charge in [-0.05, 0) is 17.1 Å². The number of hydrogen-bond donors (Lipinski definition) is 3. The van der Waals surface area contributed by atoms with Gasteiger partial charge in [-0.15, -0.1) is 0 Å². The first kappa shape index (κ1) is 13.2. The van der Waals surface area contributed by atoms with Crippen LogP contribution in [0.1, 0.15) is 17.2 Å². The molecule has 102 valence electrons. The van der Waals surface area contributed by atoms with Crippen LogP contribution >= 0.6 is 0 Å². The van der Waals surface area contributed by atoms with Crippen molar-refractivity contribution in [2.75, 3.05) is 11.9 Å². The highest BCUT2D eigenvalue weighted by Crippen LogP contribution is 2.34. The van der Waals surface area contributed by atoms with Crippen molar-refractivity contribution >= 4 is 18.3 Å². The molecule has 20 heavy (non-hydrogen) atoms. The van der Waals surface area contributed by atoms with Crippen LogP contribution in [0.3, 0.4) is 0 Å². The third kappa shape index (κ3) is 2.85. The second-order valence-corrected chi connectivity index (χ2v) is 4.84. The number of epoxide rings is 1. The van der Waals surface area contributed by atoms with Crippen LogP contribution in [-0.4, -0.2) is 23.8 Å². The Morgan fingerprint density at radius 2 is 1.80 bits per heavy atom. The SMILES string of the molecule is OB(O)c1ccccc1CNc1ccccc1C1CO1. The van der Waals surface area contributed by atoms with E-state index in [0.29, 0.717) is 12.0 Å². The van der Waals surface area contributed by atoms with Crippen LogP contribution in [0.4, 0.5) is 5.69 Å². The average molecular weight is 269 g/mol. The van der Waals surface area contributed by atoms with Crippen LogP contribution in [0.15, 0.2) is 48.5 Å². The Bertz CT molecular complexity index is 554. The lowest BCUT2D eigenvalue weighted by atomic mass is 9.77. The molecule has 3 N–H and O–H groups in total. The molecular formula is C15H16BNO3. The molecule has 0 bridgehead atoms. The van der Waals surface area contributed by atoms with Crippen molar-refractivity contribution in [2.24, 2.45) is 0 Å². The number of ether oxygens (including phenoxy) is 1. The zero-order valence-electron chi connectivity index (χ0n) is 11.0. The van der Waals surface area contributed by atoms with Gasteiger partial charge in [-0.2, -0.15) is 0 Å². The minimum atomic E-state index is -1.45. The van der Waals surface area contributed by atoms with E-state index < -0.39 is 7.12 Å². The van der Waals surface area contributed by atoms with Gasteiger partial charge < -0.3 is 20.1 Å². The molecule has 0 amide bonds. The number of benzene rings is 2. The fourth-order valence-electron chi connectivity index (χ4n) is 2.30. The fourth-order valence-corrected chi connectivity index (χ4v) is 2.30. The summed E-state index contributed by atoms with van der Waals surface area (Å²) < 4.78 is 5.33. The lowest BCUT2D eigenvalue weighted by molar-refractivity contribution is 0.416. The van der Waals surface area contributed by atoms with E-state index >= 15 is 0 Å². The molecule has 1 heterocycles. The molecule has 3 rings (SSSR count). The second kappa shape index (κ2) is 5.67. The largest absolute Gasteiger partial charge is 0.488 e. The summed E-state index contributed by atoms with van der Waals surface area (Å²) in [5, 5.41) is 22.1. The molecule has 0 saturated carbocycles. The highest BCUT2D eigenvalue weighted by Gasteiger charge is 2.27. The number of hydrogen-bond acceptors (Lipinski definition) is 4. The van der Waals surface area contributed by atoms with Gasteiger partial charge in [0.05, 0.1) is 6.61 Å². The molecule has 2 aromatic carbocycles. The topological polar surface area (TPSA) is 65.0 Å². The van der Waals surface area contributed by atoms with E-state index in [1.54, 1.807) is 12.1 Å². The van der Waals surface area contributed by atoms with Crippen LogP contribution in [0.5, 0.6) is 0 Å². The first-order chi connectivity index (χ1) is 9.75. The lowest BCUT2D eigenvalue weighted by Gasteiger charge is -2.13. The lowest BCUT2D eigenvalue weighted by Crippen LogP contribution is -2.33. The van der Waals surface area contributed by atoms with Crippen molar-refractivity contribution in [1.82, 2.24) is 0 Å². The molecule has 0 aliphatic carbocycles. The highest BCUT2D eigenvalue weighted by molar-refractivity contribution is 6.59. The molecule has 0 radical (unpaired) electrons. The van der Waals surface area contributed by atoms with Crippen LogP contribution in [0, 0.1) is 0 Å². The van der Waals surface area contributed by atoms with E-state index in [4.69, 9.17) is 4.74 Å². The third-order valence-electron chi connectivity index (χ3n) is 3.44. The molecular weight excluding hydrogens is 253 g/mol. The maximum absolute atomic E-state index is 9.36. The highest BCUT2D eigenvalue weighted by atomic mass is 16.6. The molecule has 1 atom stereocenters. The summed E-state index contributed by atoms with van der Waals surface area (Å²) in [5.74, 6) is 0. The van der Waals surface area contributed by atoms with Gasteiger partial charge in [0, 0.05) is 17.8 Å². The molecule has 4 nitrogen and oxygen atoms in total. The third-order valence-corrected chi connectivity index (χ3v) is 3.44. The minimum absolute atomic E-state index is 0.192. The smallest absolute Gasteiger partial charge is 0.423 e. The van der Waals surface area contributed by atoms with Crippen molar-refractivity contribution in [3.05, 3.63) is 59.7 Å². The van der Waals surface area contributed by atoms with Crippen molar-refractivity contribution in [1.29, 1.82) is 0 Å². The van der Waals surface area contributed by atoms with Crippen molar-refractivity contribution in [3.63, 3.8) is 0 Å². The van der Waals surface area contributed by atoms with Crippen LogP contribution in [-0.2, 0) is 11.3 Å². The Kier molecular flexibility index (Phi) is 3.73. The zero-order valence-corrected chi connectivity index (χ0v) is 11.0. The molecule has 0 spiro atoms. The number of nitrogens with one attached hydrogen (secondary N) is 1. The van der Waals surface area contributed by atoms with Gasteiger partial charge in [0.25, 0.3) is 0 Å². The second-order valence-electron chi connectivity index (χ2n) is 4.84. The maximum Gasteiger partial charge on any atom is 0.488 e. The normalized spacial score (nSPS) is 16.8. The summed E-state index contributed by atoms with van der Waals surface area (Å²) in [6.07, 6.45) is 0.192. The summed E-state index contributed by atoms with van der Waals surface area (Å²) in [4.78, 5) is 0. The minimum Gasteiger partial charge on any atom is -0.423 e. The van der Waals surface area contributed by atoms with Crippen molar-refractivity contribution < 1.29 is 14.8 Å². The first-order valence-corrected chi connectivity index (χ1v) is 6.64. The molecule has 1 aliphatic heterocycles. The number of rotatable bonds is 5. The van der Waals surface area contributed by atoms with Gasteiger partial charge in [0.15, 0.2) is 0 Å². The van der Waals surface area contributed by atoms with Gasteiger partial charge in [0.2, 0.25) is 0 Å². The molecule has 1 fully saturated rings. The summed E-state index contributed by atoms with van der Waals surface area (Å²) in [7, 11) is -1.45. The van der Waals surface area contributed by atoms with Crippen LogP contribution < -0.4 is 10.8 Å². The van der Waals surface area contributed by atoms with E-state index in [1.165, 1.54) is 0 Å². The van der Waals surface area contributed by atoms with E-state index in [0.717, 1.165) is 23.4 Å². The molecule has 5 heteroatoms. The Morgan fingerprint density at radius 1 is 1.10 bits per heavy atom. The average Bonchev–Trinajstić information content (AvgIpc) is 3.30. The van der Waals surface area contributed by atoms with Crippen LogP contribution in [0.2, 0.25) is 0 Å². The van der Waals surface area contributed by atoms with E-state index in [1.807, 2.05) is 36.4 Å². The molecule has 2 aromatic rings. The van der Waals surface area contributed by atoms with E-state index in [2.05, 4.69) is 5.32 Å². The van der Waals surface area contributed by atoms with E-state index in [9.17, 15) is 10.0 Å². The van der Waals surface area contributed by atoms with Gasteiger partial charge in [-0.25, -0.2) is 0 Å². The molecule has 0 aromatic heterocycles. The predicted molar refractivity (Wildman–Crippen MR) is 78.7 cm³/mol. The van der Waals surface area contributed by atoms with Gasteiger partial charge in [0.1, 0.15) is 6.10 Å². The van der Waals surface area contributed by atoms with Crippen molar-refractivity contribution in [2.45, 2.75) is 12.6 Å². The standard InChI is InChI=1S/C15H16BNO3/c18-16(19)13-7-3-1-5-11(13)9-17-14-8-4-2-6-12(14)15-10-20-15/h1-8,15,17-19H,9-10H2. The fraction of sp³-hybridized carbons (Fsp3) is 0.200. The number of para-hydroxylation sites is 1. The summed E-state index contributed by atoms with van der Waals surface area (Å²) in [6.45, 7) is 1.31. The maximum atomic E-state index is 9.36.